The zero-order chi connectivity index (χ0) is 20.3. The number of hydrogen-bond donors (Lipinski definition) is 0. The maximum atomic E-state index is 12.9. The number of aromatic nitrogens is 2. The van der Waals surface area contributed by atoms with Crippen molar-refractivity contribution in [1.29, 1.82) is 0 Å². The van der Waals surface area contributed by atoms with Crippen molar-refractivity contribution < 1.29 is 26.7 Å². The third-order valence-corrected chi connectivity index (χ3v) is 5.86. The van der Waals surface area contributed by atoms with Crippen LogP contribution in [0.5, 0.6) is 5.75 Å². The molecule has 1 fully saturated rings. The summed E-state index contributed by atoms with van der Waals surface area (Å²) in [5, 5.41) is 0. The van der Waals surface area contributed by atoms with E-state index in [-0.39, 0.29) is 18.4 Å². The summed E-state index contributed by atoms with van der Waals surface area (Å²) >= 11 is 0. The van der Waals surface area contributed by atoms with Gasteiger partial charge in [0.25, 0.3) is 0 Å². The highest BCUT2D eigenvalue weighted by atomic mass is 32.2. The third-order valence-electron chi connectivity index (χ3n) is 4.47. The van der Waals surface area contributed by atoms with E-state index in [1.807, 2.05) is 12.1 Å². The Labute approximate surface area is 161 Å². The maximum absolute atomic E-state index is 12.9. The van der Waals surface area contributed by atoms with Crippen LogP contribution in [0.4, 0.5) is 8.78 Å². The number of hydrogen-bond acceptors (Lipinski definition) is 5. The van der Waals surface area contributed by atoms with Gasteiger partial charge in [-0.05, 0) is 30.5 Å². The molecular formula is C18H21F2N3O4S. The Hall–Kier alpha value is -2.49. The number of halogens is 2. The lowest BCUT2D eigenvalue weighted by atomic mass is 10.2. The van der Waals surface area contributed by atoms with Gasteiger partial charge in [-0.3, -0.25) is 9.36 Å². The number of methoxy groups -OCH3 is 1. The Balaban J connectivity index is 1.68. The smallest absolute Gasteiger partial charge is 0.319 e. The van der Waals surface area contributed by atoms with Crippen LogP contribution in [-0.2, 0) is 26.9 Å². The molecule has 0 atom stereocenters. The van der Waals surface area contributed by atoms with Crippen molar-refractivity contribution in [2.24, 2.45) is 0 Å². The Morgan fingerprint density at radius 2 is 2.00 bits per heavy atom. The molecule has 3 rings (SSSR count). The predicted molar refractivity (Wildman–Crippen MR) is 97.5 cm³/mol. The first-order valence-corrected chi connectivity index (χ1v) is 10.5. The molecule has 0 saturated heterocycles. The highest BCUT2D eigenvalue weighted by molar-refractivity contribution is 7.91. The van der Waals surface area contributed by atoms with Crippen molar-refractivity contribution in [2.75, 3.05) is 12.9 Å². The molecule has 152 valence electrons. The number of benzene rings is 1. The van der Waals surface area contributed by atoms with E-state index in [1.165, 1.54) is 0 Å². The summed E-state index contributed by atoms with van der Waals surface area (Å²) in [6, 6.07) is 7.18. The second kappa shape index (κ2) is 8.26. The summed E-state index contributed by atoms with van der Waals surface area (Å²) in [6.07, 6.45) is 3.76. The molecule has 1 heterocycles. The molecule has 0 aliphatic heterocycles. The standard InChI is InChI=1S/C18H21F2N3O4S/c1-27-15-6-2-13(3-7-15)10-23(14-4-5-14)17(24)12-28(25,26)11-16-21-8-9-22(16)18(19)20/h2-3,6-9,14,18H,4-5,10-12H2,1H3. The molecule has 10 heteroatoms. The van der Waals surface area contributed by atoms with Gasteiger partial charge >= 0.3 is 6.55 Å². The Kier molecular flexibility index (Phi) is 5.97. The monoisotopic (exact) mass is 413 g/mol. The minimum Gasteiger partial charge on any atom is -0.497 e. The van der Waals surface area contributed by atoms with Crippen LogP contribution in [0.1, 0.15) is 30.8 Å². The van der Waals surface area contributed by atoms with Gasteiger partial charge in [0.15, 0.2) is 9.84 Å². The van der Waals surface area contributed by atoms with Crippen LogP contribution < -0.4 is 4.74 Å². The van der Waals surface area contributed by atoms with E-state index in [1.54, 1.807) is 24.1 Å². The van der Waals surface area contributed by atoms with Crippen LogP contribution in [0, 0.1) is 0 Å². The number of rotatable bonds is 9. The van der Waals surface area contributed by atoms with E-state index in [9.17, 15) is 22.0 Å². The number of alkyl halides is 2. The van der Waals surface area contributed by atoms with E-state index in [2.05, 4.69) is 4.98 Å². The molecule has 0 bridgehead atoms. The Morgan fingerprint density at radius 3 is 2.57 bits per heavy atom. The van der Waals surface area contributed by atoms with Gasteiger partial charge in [0, 0.05) is 25.0 Å². The number of ether oxygens (including phenoxy) is 1. The highest BCUT2D eigenvalue weighted by Crippen LogP contribution is 2.29. The molecule has 1 aromatic carbocycles. The van der Waals surface area contributed by atoms with Gasteiger partial charge in [-0.1, -0.05) is 12.1 Å². The normalized spacial score (nSPS) is 14.3. The van der Waals surface area contributed by atoms with Crippen LogP contribution in [0.25, 0.3) is 0 Å². The van der Waals surface area contributed by atoms with Gasteiger partial charge in [-0.2, -0.15) is 8.78 Å². The van der Waals surface area contributed by atoms with Gasteiger partial charge in [0.1, 0.15) is 23.1 Å². The lowest BCUT2D eigenvalue weighted by Gasteiger charge is -2.22. The van der Waals surface area contributed by atoms with Crippen LogP contribution in [0.3, 0.4) is 0 Å². The van der Waals surface area contributed by atoms with Crippen molar-refractivity contribution in [3.8, 4) is 5.75 Å². The van der Waals surface area contributed by atoms with Crippen LogP contribution in [-0.4, -0.2) is 47.7 Å². The molecule has 7 nitrogen and oxygen atoms in total. The van der Waals surface area contributed by atoms with Crippen molar-refractivity contribution in [3.63, 3.8) is 0 Å². The number of carbonyl (C=O) groups excluding carboxylic acids is 1. The fourth-order valence-corrected chi connectivity index (χ4v) is 4.15. The van der Waals surface area contributed by atoms with Crippen molar-refractivity contribution in [3.05, 3.63) is 48.0 Å². The average molecular weight is 413 g/mol. The molecule has 1 amide bonds. The van der Waals surface area contributed by atoms with Crippen LogP contribution >= 0.6 is 0 Å². The quantitative estimate of drug-likeness (QED) is 0.631. The van der Waals surface area contributed by atoms with Crippen LogP contribution in [0.15, 0.2) is 36.7 Å². The second-order valence-electron chi connectivity index (χ2n) is 6.66. The SMILES string of the molecule is COc1ccc(CN(C(=O)CS(=O)(=O)Cc2nccn2C(F)F)C2CC2)cc1. The second-order valence-corrected chi connectivity index (χ2v) is 8.73. The van der Waals surface area contributed by atoms with Crippen molar-refractivity contribution in [1.82, 2.24) is 14.5 Å². The Morgan fingerprint density at radius 1 is 1.32 bits per heavy atom. The zero-order valence-electron chi connectivity index (χ0n) is 15.3. The number of amides is 1. The molecule has 2 aromatic rings. The van der Waals surface area contributed by atoms with E-state index >= 15 is 0 Å². The largest absolute Gasteiger partial charge is 0.497 e. The molecular weight excluding hydrogens is 392 g/mol. The molecule has 0 radical (unpaired) electrons. The first kappa shape index (κ1) is 20.2. The van der Waals surface area contributed by atoms with E-state index in [0.29, 0.717) is 10.3 Å². The molecule has 1 aliphatic carbocycles. The fraction of sp³-hybridized carbons (Fsp3) is 0.444. The minimum atomic E-state index is -3.94. The number of nitrogens with zero attached hydrogens (tertiary/aromatic N) is 3. The highest BCUT2D eigenvalue weighted by Gasteiger charge is 2.34. The van der Waals surface area contributed by atoms with Crippen molar-refractivity contribution >= 4 is 15.7 Å². The number of sulfone groups is 1. The van der Waals surface area contributed by atoms with Gasteiger partial charge in [0.2, 0.25) is 5.91 Å². The summed E-state index contributed by atoms with van der Waals surface area (Å²) in [4.78, 5) is 17.9. The lowest BCUT2D eigenvalue weighted by Crippen LogP contribution is -2.37. The van der Waals surface area contributed by atoms with Gasteiger partial charge in [-0.25, -0.2) is 13.4 Å². The van der Waals surface area contributed by atoms with Gasteiger partial charge in [-0.15, -0.1) is 0 Å². The topological polar surface area (TPSA) is 81.5 Å². The average Bonchev–Trinajstić information content (AvgIpc) is 3.37. The summed E-state index contributed by atoms with van der Waals surface area (Å²) in [5.74, 6) is -1.58. The lowest BCUT2D eigenvalue weighted by molar-refractivity contribution is -0.129. The molecule has 1 aliphatic rings. The number of carbonyl (C=O) groups is 1. The van der Waals surface area contributed by atoms with Gasteiger partial charge in [0.05, 0.1) is 7.11 Å². The Bertz CT molecular complexity index is 925. The van der Waals surface area contributed by atoms with Crippen LogP contribution in [0.2, 0.25) is 0 Å². The van der Waals surface area contributed by atoms with E-state index < -0.39 is 33.8 Å². The zero-order valence-corrected chi connectivity index (χ0v) is 16.1. The summed E-state index contributed by atoms with van der Waals surface area (Å²) in [6.45, 7) is -2.60. The molecule has 0 spiro atoms. The van der Waals surface area contributed by atoms with Crippen molar-refractivity contribution in [2.45, 2.75) is 37.7 Å². The van der Waals surface area contributed by atoms with E-state index in [4.69, 9.17) is 4.74 Å². The minimum absolute atomic E-state index is 0.00727. The predicted octanol–water partition coefficient (Wildman–Crippen LogP) is 2.39. The summed E-state index contributed by atoms with van der Waals surface area (Å²) in [7, 11) is -2.39. The maximum Gasteiger partial charge on any atom is 0.319 e. The first-order valence-electron chi connectivity index (χ1n) is 8.72. The fourth-order valence-electron chi connectivity index (χ4n) is 2.89. The molecule has 1 aromatic heterocycles. The first-order chi connectivity index (χ1) is 13.3. The summed E-state index contributed by atoms with van der Waals surface area (Å²) in [5.41, 5.74) is 0.853. The third kappa shape index (κ3) is 5.06. The summed E-state index contributed by atoms with van der Waals surface area (Å²) < 4.78 is 56.2. The molecule has 0 N–H and O–H groups in total. The molecule has 1 saturated carbocycles. The molecule has 28 heavy (non-hydrogen) atoms. The number of imidazole rings is 1. The van der Waals surface area contributed by atoms with E-state index in [0.717, 1.165) is 30.8 Å². The molecule has 0 unspecified atom stereocenters. The van der Waals surface area contributed by atoms with Gasteiger partial charge < -0.3 is 9.64 Å².